The number of alkyl halides is 3. The van der Waals surface area contributed by atoms with E-state index in [9.17, 15) is 31.5 Å². The molecule has 4 rings (SSSR count). The van der Waals surface area contributed by atoms with Gasteiger partial charge < -0.3 is 15.2 Å². The van der Waals surface area contributed by atoms with Crippen LogP contribution in [0.15, 0.2) is 77.7 Å². The van der Waals surface area contributed by atoms with Crippen molar-refractivity contribution in [1.29, 1.82) is 0 Å². The van der Waals surface area contributed by atoms with Gasteiger partial charge in [0.25, 0.3) is 11.1 Å². The first-order valence-corrected chi connectivity index (χ1v) is 15.1. The van der Waals surface area contributed by atoms with Gasteiger partial charge in [-0.05, 0) is 60.5 Å². The Bertz CT molecular complexity index is 1600. The van der Waals surface area contributed by atoms with Crippen LogP contribution < -0.4 is 10.1 Å². The Labute approximate surface area is 239 Å². The maximum Gasteiger partial charge on any atom is 0.416 e. The fourth-order valence-electron chi connectivity index (χ4n) is 3.98. The van der Waals surface area contributed by atoms with Gasteiger partial charge >= 0.3 is 6.18 Å². The average molecular weight is 605 g/mol. The maximum atomic E-state index is 12.9. The molecule has 7 nitrogen and oxygen atoms in total. The predicted octanol–water partition coefficient (Wildman–Crippen LogP) is 6.44. The molecule has 0 saturated carbocycles. The molecular weight excluding hydrogens is 577 g/mol. The van der Waals surface area contributed by atoms with E-state index in [1.807, 2.05) is 6.92 Å². The van der Waals surface area contributed by atoms with Crippen molar-refractivity contribution < 1.29 is 36.2 Å². The van der Waals surface area contributed by atoms with E-state index in [1.54, 1.807) is 43.3 Å². The number of nitrogens with zero attached hydrogens (tertiary/aromatic N) is 1. The van der Waals surface area contributed by atoms with Crippen molar-refractivity contribution in [2.75, 3.05) is 12.4 Å². The van der Waals surface area contributed by atoms with E-state index in [0.29, 0.717) is 23.2 Å². The Balaban J connectivity index is 1.46. The zero-order chi connectivity index (χ0) is 29.8. The number of aliphatic hydroxyl groups is 1. The highest BCUT2D eigenvalue weighted by Crippen LogP contribution is 2.36. The van der Waals surface area contributed by atoms with E-state index < -0.39 is 33.5 Å². The molecule has 0 aliphatic rings. The summed E-state index contributed by atoms with van der Waals surface area (Å²) in [7, 11) is -3.37. The number of nitrogens with one attached hydrogen (secondary N) is 1. The van der Waals surface area contributed by atoms with Crippen molar-refractivity contribution >= 4 is 27.1 Å². The fraction of sp³-hybridized carbons (Fsp3) is 0.241. The Morgan fingerprint density at radius 2 is 1.63 bits per heavy atom. The van der Waals surface area contributed by atoms with Crippen LogP contribution in [-0.4, -0.2) is 36.8 Å². The minimum Gasteiger partial charge on any atom is -0.431 e. The molecule has 1 atom stereocenters. The highest BCUT2D eigenvalue weighted by molar-refractivity contribution is 7.91. The van der Waals surface area contributed by atoms with E-state index in [-0.39, 0.29) is 28.2 Å². The molecular formula is C29H27F3N2O5S2. The van der Waals surface area contributed by atoms with Gasteiger partial charge in [0.1, 0.15) is 5.75 Å². The van der Waals surface area contributed by atoms with Crippen LogP contribution in [0.25, 0.3) is 11.3 Å². The summed E-state index contributed by atoms with van der Waals surface area (Å²) in [5, 5.41) is 12.9. The number of sulfone groups is 1. The smallest absolute Gasteiger partial charge is 0.416 e. The van der Waals surface area contributed by atoms with Crippen molar-refractivity contribution in [3.8, 4) is 22.2 Å². The lowest BCUT2D eigenvalue weighted by atomic mass is 10.1. The molecule has 0 bridgehead atoms. The van der Waals surface area contributed by atoms with Crippen molar-refractivity contribution in [2.24, 2.45) is 0 Å². The predicted molar refractivity (Wildman–Crippen MR) is 150 cm³/mol. The van der Waals surface area contributed by atoms with Gasteiger partial charge in [-0.25, -0.2) is 13.4 Å². The van der Waals surface area contributed by atoms with Crippen LogP contribution in [0.4, 0.5) is 13.2 Å². The summed E-state index contributed by atoms with van der Waals surface area (Å²) in [4.78, 5) is 18.5. The molecule has 216 valence electrons. The number of carbonyl (C=O) groups is 1. The first kappa shape index (κ1) is 30.2. The number of aryl methyl sites for hydroxylation is 1. The maximum absolute atomic E-state index is 12.9. The Kier molecular flexibility index (Phi) is 9.15. The fourth-order valence-corrected chi connectivity index (χ4v) is 5.76. The summed E-state index contributed by atoms with van der Waals surface area (Å²) in [5.41, 5.74) is 1.49. The van der Waals surface area contributed by atoms with Crippen LogP contribution in [0.5, 0.6) is 10.9 Å². The molecule has 3 aromatic carbocycles. The third-order valence-corrected chi connectivity index (χ3v) is 9.14. The highest BCUT2D eigenvalue weighted by atomic mass is 32.2. The minimum atomic E-state index is -4.43. The van der Waals surface area contributed by atoms with Gasteiger partial charge in [-0.15, -0.1) is 0 Å². The van der Waals surface area contributed by atoms with Crippen LogP contribution in [0.1, 0.15) is 46.3 Å². The monoisotopic (exact) mass is 604 g/mol. The lowest BCUT2D eigenvalue weighted by Gasteiger charge is -2.17. The number of carbonyl (C=O) groups excluding carboxylic acids is 1. The number of aliphatic hydroxyl groups excluding tert-OH is 1. The number of aromatic nitrogens is 1. The second kappa shape index (κ2) is 12.4. The largest absolute Gasteiger partial charge is 0.431 e. The van der Waals surface area contributed by atoms with E-state index in [2.05, 4.69) is 10.3 Å². The normalized spacial score (nSPS) is 12.6. The number of hydrogen-bond donors (Lipinski definition) is 2. The lowest BCUT2D eigenvalue weighted by Crippen LogP contribution is -2.30. The third-order valence-electron chi connectivity index (χ3n) is 6.32. The van der Waals surface area contributed by atoms with Gasteiger partial charge in [0.05, 0.1) is 34.6 Å². The number of halogens is 3. The van der Waals surface area contributed by atoms with Crippen LogP contribution >= 0.6 is 11.3 Å². The number of rotatable bonds is 10. The lowest BCUT2D eigenvalue weighted by molar-refractivity contribution is -0.137. The zero-order valence-corrected chi connectivity index (χ0v) is 23.7. The van der Waals surface area contributed by atoms with Gasteiger partial charge in [-0.1, -0.05) is 49.4 Å². The van der Waals surface area contributed by atoms with Crippen LogP contribution in [0.3, 0.4) is 0 Å². The van der Waals surface area contributed by atoms with Gasteiger partial charge in [-0.3, -0.25) is 4.79 Å². The van der Waals surface area contributed by atoms with Crippen LogP contribution in [0.2, 0.25) is 0 Å². The number of thiazole rings is 1. The van der Waals surface area contributed by atoms with Gasteiger partial charge in [-0.2, -0.15) is 13.2 Å². The standard InChI is InChI=1S/C29H27F3N2O5S2/c1-3-25-26(34-28(40-25)39-22-13-11-21(12-14-22)29(30,31)32)19-5-7-20(8-6-19)27(36)33-24(17-35)18-9-15-23(16-10-18)41(37,38)4-2/h5-16,24,35H,3-4,17H2,1-2H3,(H,33,36)/t24-/m0/s1. The number of ether oxygens (including phenoxy) is 1. The molecule has 4 aromatic rings. The number of hydrogen-bond acceptors (Lipinski definition) is 7. The molecule has 1 amide bonds. The summed E-state index contributed by atoms with van der Waals surface area (Å²) in [6, 6.07) is 16.3. The molecule has 2 N–H and O–H groups in total. The molecule has 41 heavy (non-hydrogen) atoms. The second-order valence-electron chi connectivity index (χ2n) is 8.99. The third kappa shape index (κ3) is 7.13. The first-order chi connectivity index (χ1) is 19.4. The number of benzene rings is 3. The molecule has 0 spiro atoms. The van der Waals surface area contributed by atoms with Gasteiger partial charge in [0, 0.05) is 16.0 Å². The molecule has 0 radical (unpaired) electrons. The van der Waals surface area contributed by atoms with Crippen LogP contribution in [0, 0.1) is 0 Å². The van der Waals surface area contributed by atoms with Gasteiger partial charge in [0.15, 0.2) is 9.84 Å². The van der Waals surface area contributed by atoms with Crippen molar-refractivity contribution in [3.05, 3.63) is 94.4 Å². The summed E-state index contributed by atoms with van der Waals surface area (Å²) in [6.07, 6.45) is -3.79. The zero-order valence-electron chi connectivity index (χ0n) is 22.1. The van der Waals surface area contributed by atoms with E-state index >= 15 is 0 Å². The molecule has 1 heterocycles. The minimum absolute atomic E-state index is 0.0311. The summed E-state index contributed by atoms with van der Waals surface area (Å²) in [5.74, 6) is -0.231. The van der Waals surface area contributed by atoms with Crippen molar-refractivity contribution in [3.63, 3.8) is 0 Å². The van der Waals surface area contributed by atoms with E-state index in [0.717, 1.165) is 22.6 Å². The molecule has 0 aliphatic heterocycles. The van der Waals surface area contributed by atoms with E-state index in [1.165, 1.54) is 35.6 Å². The topological polar surface area (TPSA) is 106 Å². The SMILES string of the molecule is CCc1sc(Oc2ccc(C(F)(F)F)cc2)nc1-c1ccc(C(=O)N[C@@H](CO)c2ccc(S(=O)(=O)CC)cc2)cc1. The van der Waals surface area contributed by atoms with Crippen molar-refractivity contribution in [2.45, 2.75) is 37.4 Å². The number of amides is 1. The molecule has 12 heteroatoms. The average Bonchev–Trinajstić information content (AvgIpc) is 3.38. The Morgan fingerprint density at radius 3 is 2.17 bits per heavy atom. The Morgan fingerprint density at radius 1 is 1.00 bits per heavy atom. The Hall–Kier alpha value is -3.74. The molecule has 0 saturated heterocycles. The molecule has 0 aliphatic carbocycles. The van der Waals surface area contributed by atoms with Gasteiger partial charge in [0.2, 0.25) is 0 Å². The van der Waals surface area contributed by atoms with E-state index in [4.69, 9.17) is 4.74 Å². The molecule has 1 aromatic heterocycles. The van der Waals surface area contributed by atoms with Crippen molar-refractivity contribution in [1.82, 2.24) is 10.3 Å². The molecule has 0 fully saturated rings. The molecule has 0 unspecified atom stereocenters. The summed E-state index contributed by atoms with van der Waals surface area (Å²) < 4.78 is 68.3. The second-order valence-corrected chi connectivity index (χ2v) is 12.3. The van der Waals surface area contributed by atoms with Crippen LogP contribution in [-0.2, 0) is 22.4 Å². The quantitative estimate of drug-likeness (QED) is 0.216. The summed E-state index contributed by atoms with van der Waals surface area (Å²) in [6.45, 7) is 3.11. The summed E-state index contributed by atoms with van der Waals surface area (Å²) >= 11 is 1.28. The highest BCUT2D eigenvalue weighted by Gasteiger charge is 2.30. The first-order valence-electron chi connectivity index (χ1n) is 12.6.